The molecule has 3 nitrogen and oxygen atoms in total. The van der Waals surface area contributed by atoms with Crippen molar-refractivity contribution in [2.75, 3.05) is 11.9 Å². The minimum Gasteiger partial charge on any atom is -0.322 e. The van der Waals surface area contributed by atoms with E-state index in [9.17, 15) is 4.79 Å². The van der Waals surface area contributed by atoms with Gasteiger partial charge in [0, 0.05) is 17.8 Å². The molecule has 0 fully saturated rings. The number of nitrogens with one attached hydrogen (secondary N) is 2. The van der Waals surface area contributed by atoms with Crippen LogP contribution in [0.1, 0.15) is 35.3 Å². The standard InChI is InChI=1S/C18H22N2O/c1-3-15-7-5-6-8-17(15)18(21)20-16-11-9-14(10-12-16)13-19-4-2/h5-12,19H,3-4,13H2,1-2H3,(H,20,21). The van der Waals surface area contributed by atoms with Gasteiger partial charge in [0.05, 0.1) is 0 Å². The van der Waals surface area contributed by atoms with Crippen molar-refractivity contribution in [2.45, 2.75) is 26.8 Å². The second-order valence-corrected chi connectivity index (χ2v) is 4.94. The Kier molecular flexibility index (Phi) is 5.52. The van der Waals surface area contributed by atoms with Crippen LogP contribution in [0.4, 0.5) is 5.69 Å². The predicted molar refractivity (Wildman–Crippen MR) is 87.6 cm³/mol. The lowest BCUT2D eigenvalue weighted by molar-refractivity contribution is 0.102. The Morgan fingerprint density at radius 2 is 1.71 bits per heavy atom. The van der Waals surface area contributed by atoms with Crippen LogP contribution in [0.5, 0.6) is 0 Å². The SMILES string of the molecule is CCNCc1ccc(NC(=O)c2ccccc2CC)cc1. The third kappa shape index (κ3) is 4.17. The maximum Gasteiger partial charge on any atom is 0.255 e. The highest BCUT2D eigenvalue weighted by molar-refractivity contribution is 6.05. The summed E-state index contributed by atoms with van der Waals surface area (Å²) in [6.07, 6.45) is 0.852. The van der Waals surface area contributed by atoms with Crippen LogP contribution >= 0.6 is 0 Å². The van der Waals surface area contributed by atoms with Gasteiger partial charge in [0.1, 0.15) is 0 Å². The first kappa shape index (κ1) is 15.3. The molecule has 0 aliphatic rings. The van der Waals surface area contributed by atoms with Crippen LogP contribution in [0.3, 0.4) is 0 Å². The molecule has 2 rings (SSSR count). The predicted octanol–water partition coefficient (Wildman–Crippen LogP) is 3.61. The molecular formula is C18H22N2O. The number of aryl methyl sites for hydroxylation is 1. The fraction of sp³-hybridized carbons (Fsp3) is 0.278. The van der Waals surface area contributed by atoms with E-state index in [1.165, 1.54) is 5.56 Å². The van der Waals surface area contributed by atoms with Crippen molar-refractivity contribution in [3.8, 4) is 0 Å². The van der Waals surface area contributed by atoms with Gasteiger partial charge in [-0.25, -0.2) is 0 Å². The van der Waals surface area contributed by atoms with E-state index in [0.717, 1.165) is 36.3 Å². The molecule has 21 heavy (non-hydrogen) atoms. The molecule has 1 amide bonds. The molecule has 0 atom stereocenters. The zero-order valence-electron chi connectivity index (χ0n) is 12.6. The Balaban J connectivity index is 2.05. The molecule has 3 heteroatoms. The largest absolute Gasteiger partial charge is 0.322 e. The summed E-state index contributed by atoms with van der Waals surface area (Å²) in [5.41, 5.74) is 3.85. The number of carbonyl (C=O) groups is 1. The average molecular weight is 282 g/mol. The van der Waals surface area contributed by atoms with Crippen LogP contribution in [0, 0.1) is 0 Å². The smallest absolute Gasteiger partial charge is 0.255 e. The van der Waals surface area contributed by atoms with Crippen LogP contribution in [0.15, 0.2) is 48.5 Å². The molecule has 0 aliphatic heterocycles. The van der Waals surface area contributed by atoms with Crippen LogP contribution < -0.4 is 10.6 Å². The van der Waals surface area contributed by atoms with Gasteiger partial charge in [0.25, 0.3) is 5.91 Å². The maximum absolute atomic E-state index is 12.3. The van der Waals surface area contributed by atoms with E-state index in [-0.39, 0.29) is 5.91 Å². The van der Waals surface area contributed by atoms with Gasteiger partial charge in [0.2, 0.25) is 0 Å². The summed E-state index contributed by atoms with van der Waals surface area (Å²) in [7, 11) is 0. The molecule has 0 saturated carbocycles. The van der Waals surface area contributed by atoms with Gasteiger partial charge in [-0.2, -0.15) is 0 Å². The van der Waals surface area contributed by atoms with E-state index in [4.69, 9.17) is 0 Å². The second-order valence-electron chi connectivity index (χ2n) is 4.94. The lowest BCUT2D eigenvalue weighted by Gasteiger charge is -2.09. The normalized spacial score (nSPS) is 10.4. The number of hydrogen-bond acceptors (Lipinski definition) is 2. The van der Waals surface area contributed by atoms with E-state index in [1.54, 1.807) is 0 Å². The van der Waals surface area contributed by atoms with Crippen LogP contribution in [0.25, 0.3) is 0 Å². The van der Waals surface area contributed by atoms with Crippen LogP contribution in [-0.4, -0.2) is 12.5 Å². The van der Waals surface area contributed by atoms with Gasteiger partial charge < -0.3 is 10.6 Å². The summed E-state index contributed by atoms with van der Waals surface area (Å²) in [6.45, 7) is 5.94. The van der Waals surface area contributed by atoms with Crippen molar-refractivity contribution in [1.82, 2.24) is 5.32 Å². The highest BCUT2D eigenvalue weighted by Crippen LogP contribution is 2.14. The first-order chi connectivity index (χ1) is 10.2. The summed E-state index contributed by atoms with van der Waals surface area (Å²) in [4.78, 5) is 12.3. The first-order valence-electron chi connectivity index (χ1n) is 7.43. The lowest BCUT2D eigenvalue weighted by atomic mass is 10.0. The number of benzene rings is 2. The molecular weight excluding hydrogens is 260 g/mol. The van der Waals surface area contributed by atoms with Gasteiger partial charge in [-0.05, 0) is 42.3 Å². The third-order valence-electron chi connectivity index (χ3n) is 3.43. The maximum atomic E-state index is 12.3. The number of amides is 1. The zero-order valence-corrected chi connectivity index (χ0v) is 12.6. The molecule has 0 spiro atoms. The highest BCUT2D eigenvalue weighted by Gasteiger charge is 2.09. The van der Waals surface area contributed by atoms with Gasteiger partial charge in [-0.15, -0.1) is 0 Å². The van der Waals surface area contributed by atoms with E-state index in [0.29, 0.717) is 0 Å². The van der Waals surface area contributed by atoms with Gasteiger partial charge >= 0.3 is 0 Å². The van der Waals surface area contributed by atoms with Crippen LogP contribution in [0.2, 0.25) is 0 Å². The van der Waals surface area contributed by atoms with E-state index in [1.807, 2.05) is 48.5 Å². The lowest BCUT2D eigenvalue weighted by Crippen LogP contribution is -2.14. The van der Waals surface area contributed by atoms with E-state index in [2.05, 4.69) is 24.5 Å². The Hall–Kier alpha value is -2.13. The van der Waals surface area contributed by atoms with Crippen LogP contribution in [-0.2, 0) is 13.0 Å². The first-order valence-corrected chi connectivity index (χ1v) is 7.43. The van der Waals surface area contributed by atoms with Gasteiger partial charge in [0.15, 0.2) is 0 Å². The van der Waals surface area contributed by atoms with Crippen molar-refractivity contribution in [2.24, 2.45) is 0 Å². The Morgan fingerprint density at radius 1 is 1.00 bits per heavy atom. The molecule has 0 aliphatic carbocycles. The number of carbonyl (C=O) groups excluding carboxylic acids is 1. The molecule has 2 aromatic carbocycles. The molecule has 2 aromatic rings. The van der Waals surface area contributed by atoms with E-state index < -0.39 is 0 Å². The minimum absolute atomic E-state index is 0.0492. The average Bonchev–Trinajstić information content (AvgIpc) is 2.54. The molecule has 0 radical (unpaired) electrons. The van der Waals surface area contributed by atoms with Crippen molar-refractivity contribution in [1.29, 1.82) is 0 Å². The van der Waals surface area contributed by atoms with Crippen molar-refractivity contribution in [3.05, 3.63) is 65.2 Å². The fourth-order valence-corrected chi connectivity index (χ4v) is 2.22. The molecule has 0 aromatic heterocycles. The summed E-state index contributed by atoms with van der Waals surface area (Å²) in [5.74, 6) is -0.0492. The van der Waals surface area contributed by atoms with Gasteiger partial charge in [-0.1, -0.05) is 44.2 Å². The quantitative estimate of drug-likeness (QED) is 0.849. The van der Waals surface area contributed by atoms with Gasteiger partial charge in [-0.3, -0.25) is 4.79 Å². The Labute approximate surface area is 126 Å². The van der Waals surface area contributed by atoms with Crippen molar-refractivity contribution < 1.29 is 4.79 Å². The number of hydrogen-bond donors (Lipinski definition) is 2. The van der Waals surface area contributed by atoms with E-state index >= 15 is 0 Å². The molecule has 2 N–H and O–H groups in total. The second kappa shape index (κ2) is 7.60. The van der Waals surface area contributed by atoms with Crippen molar-refractivity contribution >= 4 is 11.6 Å². The summed E-state index contributed by atoms with van der Waals surface area (Å²) < 4.78 is 0. The molecule has 110 valence electrons. The fourth-order valence-electron chi connectivity index (χ4n) is 2.22. The molecule has 0 saturated heterocycles. The Morgan fingerprint density at radius 3 is 2.38 bits per heavy atom. The zero-order chi connectivity index (χ0) is 15.1. The molecule has 0 unspecified atom stereocenters. The molecule has 0 heterocycles. The molecule has 0 bridgehead atoms. The summed E-state index contributed by atoms with van der Waals surface area (Å²) in [5, 5.41) is 6.24. The highest BCUT2D eigenvalue weighted by atomic mass is 16.1. The Bertz CT molecular complexity index is 590. The summed E-state index contributed by atoms with van der Waals surface area (Å²) >= 11 is 0. The van der Waals surface area contributed by atoms with Crippen molar-refractivity contribution in [3.63, 3.8) is 0 Å². The minimum atomic E-state index is -0.0492. The topological polar surface area (TPSA) is 41.1 Å². The third-order valence-corrected chi connectivity index (χ3v) is 3.43. The number of rotatable bonds is 6. The monoisotopic (exact) mass is 282 g/mol. The number of anilines is 1. The summed E-state index contributed by atoms with van der Waals surface area (Å²) in [6, 6.07) is 15.7.